The standard InChI is InChI=1S/C14H17F3N2/c15-14(16,17)12-6-9(7-18)2-4-13(12)19-8-10-1-3-11(19)5-10/h2,4,6,10-11H,1,3,5,7-8,18H2. The van der Waals surface area contributed by atoms with Crippen molar-refractivity contribution in [2.24, 2.45) is 11.7 Å². The predicted octanol–water partition coefficient (Wildman–Crippen LogP) is 3.15. The third-order valence-corrected chi connectivity index (χ3v) is 4.32. The second-order valence-corrected chi connectivity index (χ2v) is 5.54. The summed E-state index contributed by atoms with van der Waals surface area (Å²) in [6.45, 7) is 0.894. The van der Waals surface area contributed by atoms with Crippen molar-refractivity contribution in [3.05, 3.63) is 29.3 Å². The Labute approximate surface area is 110 Å². The average Bonchev–Trinajstić information content (AvgIpc) is 2.99. The van der Waals surface area contributed by atoms with Crippen molar-refractivity contribution in [2.45, 2.75) is 38.0 Å². The molecular formula is C14H17F3N2. The van der Waals surface area contributed by atoms with Gasteiger partial charge < -0.3 is 10.6 Å². The van der Waals surface area contributed by atoms with Crippen LogP contribution in [0.4, 0.5) is 18.9 Å². The van der Waals surface area contributed by atoms with Crippen LogP contribution in [-0.2, 0) is 12.7 Å². The van der Waals surface area contributed by atoms with Gasteiger partial charge in [-0.25, -0.2) is 0 Å². The van der Waals surface area contributed by atoms with E-state index in [0.29, 0.717) is 17.2 Å². The lowest BCUT2D eigenvalue weighted by atomic mass is 10.0. The molecule has 2 aliphatic rings. The molecule has 1 heterocycles. The van der Waals surface area contributed by atoms with E-state index < -0.39 is 11.7 Å². The van der Waals surface area contributed by atoms with Gasteiger partial charge in [-0.15, -0.1) is 0 Å². The fourth-order valence-corrected chi connectivity index (χ4v) is 3.41. The summed E-state index contributed by atoms with van der Waals surface area (Å²) < 4.78 is 39.6. The number of piperidine rings is 1. The number of hydrogen-bond donors (Lipinski definition) is 1. The molecule has 1 aliphatic carbocycles. The lowest BCUT2D eigenvalue weighted by Gasteiger charge is -2.31. The van der Waals surface area contributed by atoms with Crippen LogP contribution >= 0.6 is 0 Å². The zero-order chi connectivity index (χ0) is 13.6. The molecule has 1 aromatic carbocycles. The summed E-state index contributed by atoms with van der Waals surface area (Å²) in [6.07, 6.45) is -1.11. The first kappa shape index (κ1) is 12.8. The maximum atomic E-state index is 13.2. The Morgan fingerprint density at radius 1 is 1.26 bits per heavy atom. The largest absolute Gasteiger partial charge is 0.418 e. The summed E-state index contributed by atoms with van der Waals surface area (Å²) in [5, 5.41) is 0. The fourth-order valence-electron chi connectivity index (χ4n) is 3.41. The van der Waals surface area contributed by atoms with E-state index in [9.17, 15) is 13.2 Å². The SMILES string of the molecule is NCc1ccc(N2CC3CCC2C3)c(C(F)(F)F)c1. The molecule has 104 valence electrons. The number of nitrogens with zero attached hydrogens (tertiary/aromatic N) is 1. The monoisotopic (exact) mass is 270 g/mol. The molecule has 2 unspecified atom stereocenters. The Morgan fingerprint density at radius 2 is 2.05 bits per heavy atom. The maximum absolute atomic E-state index is 13.2. The Morgan fingerprint density at radius 3 is 2.58 bits per heavy atom. The molecule has 2 fully saturated rings. The van der Waals surface area contributed by atoms with Crippen molar-refractivity contribution in [1.29, 1.82) is 0 Å². The van der Waals surface area contributed by atoms with Crippen molar-refractivity contribution < 1.29 is 13.2 Å². The second kappa shape index (κ2) is 4.40. The summed E-state index contributed by atoms with van der Waals surface area (Å²) in [4.78, 5) is 1.94. The number of alkyl halides is 3. The second-order valence-electron chi connectivity index (χ2n) is 5.54. The van der Waals surface area contributed by atoms with E-state index in [-0.39, 0.29) is 12.6 Å². The van der Waals surface area contributed by atoms with Crippen LogP contribution in [0.1, 0.15) is 30.4 Å². The molecule has 1 aromatic rings. The van der Waals surface area contributed by atoms with Crippen LogP contribution in [0.3, 0.4) is 0 Å². The highest BCUT2D eigenvalue weighted by atomic mass is 19.4. The molecule has 2 nitrogen and oxygen atoms in total. The van der Waals surface area contributed by atoms with E-state index in [1.165, 1.54) is 6.07 Å². The highest BCUT2D eigenvalue weighted by Crippen LogP contribution is 2.44. The van der Waals surface area contributed by atoms with Crippen molar-refractivity contribution >= 4 is 5.69 Å². The van der Waals surface area contributed by atoms with E-state index in [2.05, 4.69) is 0 Å². The van der Waals surface area contributed by atoms with E-state index >= 15 is 0 Å². The number of anilines is 1. The quantitative estimate of drug-likeness (QED) is 0.894. The highest BCUT2D eigenvalue weighted by Gasteiger charge is 2.42. The molecule has 2 bridgehead atoms. The normalized spacial score (nSPS) is 26.2. The lowest BCUT2D eigenvalue weighted by molar-refractivity contribution is -0.137. The Hall–Kier alpha value is -1.23. The van der Waals surface area contributed by atoms with Crippen LogP contribution in [0.15, 0.2) is 18.2 Å². The van der Waals surface area contributed by atoms with Gasteiger partial charge in [0.1, 0.15) is 0 Å². The van der Waals surface area contributed by atoms with Crippen molar-refractivity contribution in [1.82, 2.24) is 0 Å². The van der Waals surface area contributed by atoms with Gasteiger partial charge in [-0.3, -0.25) is 0 Å². The number of halogens is 3. The summed E-state index contributed by atoms with van der Waals surface area (Å²) >= 11 is 0. The van der Waals surface area contributed by atoms with Gasteiger partial charge in [0.25, 0.3) is 0 Å². The molecule has 1 saturated heterocycles. The van der Waals surface area contributed by atoms with E-state index in [1.54, 1.807) is 12.1 Å². The first-order valence-corrected chi connectivity index (χ1v) is 6.66. The average molecular weight is 270 g/mol. The van der Waals surface area contributed by atoms with Crippen LogP contribution in [0, 0.1) is 5.92 Å². The number of nitrogens with two attached hydrogens (primary N) is 1. The number of hydrogen-bond acceptors (Lipinski definition) is 2. The van der Waals surface area contributed by atoms with Crippen molar-refractivity contribution in [2.75, 3.05) is 11.4 Å². The smallest absolute Gasteiger partial charge is 0.368 e. The molecule has 0 radical (unpaired) electrons. The Bertz CT molecular complexity index is 484. The summed E-state index contributed by atoms with van der Waals surface area (Å²) in [7, 11) is 0. The van der Waals surface area contributed by atoms with Gasteiger partial charge in [-0.2, -0.15) is 13.2 Å². The molecule has 0 aromatic heterocycles. The molecule has 2 N–H and O–H groups in total. The molecule has 0 spiro atoms. The van der Waals surface area contributed by atoms with Crippen molar-refractivity contribution in [3.63, 3.8) is 0 Å². The number of benzene rings is 1. The molecule has 3 rings (SSSR count). The minimum atomic E-state index is -4.32. The van der Waals surface area contributed by atoms with Crippen LogP contribution < -0.4 is 10.6 Å². The first-order chi connectivity index (χ1) is 8.99. The van der Waals surface area contributed by atoms with Crippen LogP contribution in [-0.4, -0.2) is 12.6 Å². The summed E-state index contributed by atoms with van der Waals surface area (Å²) in [6, 6.07) is 4.78. The molecule has 5 heteroatoms. The van der Waals surface area contributed by atoms with Gasteiger partial charge in [0, 0.05) is 24.8 Å². The van der Waals surface area contributed by atoms with Crippen molar-refractivity contribution in [3.8, 4) is 0 Å². The Balaban J connectivity index is 2.01. The third kappa shape index (κ3) is 2.20. The van der Waals surface area contributed by atoms with Gasteiger partial charge in [0.2, 0.25) is 0 Å². The lowest BCUT2D eigenvalue weighted by Crippen LogP contribution is -2.33. The Kier molecular flexibility index (Phi) is 2.96. The van der Waals surface area contributed by atoms with Crippen LogP contribution in [0.2, 0.25) is 0 Å². The minimum Gasteiger partial charge on any atom is -0.368 e. The molecule has 2 atom stereocenters. The highest BCUT2D eigenvalue weighted by molar-refractivity contribution is 5.58. The van der Waals surface area contributed by atoms with Crippen LogP contribution in [0.5, 0.6) is 0 Å². The summed E-state index contributed by atoms with van der Waals surface area (Å²) in [5.41, 5.74) is 5.76. The van der Waals surface area contributed by atoms with Gasteiger partial charge >= 0.3 is 6.18 Å². The fraction of sp³-hybridized carbons (Fsp3) is 0.571. The third-order valence-electron chi connectivity index (χ3n) is 4.32. The number of fused-ring (bicyclic) bond motifs is 2. The molecule has 19 heavy (non-hydrogen) atoms. The minimum absolute atomic E-state index is 0.134. The molecule has 1 aliphatic heterocycles. The molecule has 1 saturated carbocycles. The zero-order valence-electron chi connectivity index (χ0n) is 10.6. The van der Waals surface area contributed by atoms with Gasteiger partial charge in [-0.05, 0) is 42.9 Å². The van der Waals surface area contributed by atoms with Gasteiger partial charge in [-0.1, -0.05) is 6.07 Å². The topological polar surface area (TPSA) is 29.3 Å². The van der Waals surface area contributed by atoms with Gasteiger partial charge in [0.15, 0.2) is 0 Å². The molecular weight excluding hydrogens is 253 g/mol. The zero-order valence-corrected chi connectivity index (χ0v) is 10.6. The van der Waals surface area contributed by atoms with E-state index in [1.807, 2.05) is 4.90 Å². The van der Waals surface area contributed by atoms with E-state index in [4.69, 9.17) is 5.73 Å². The van der Waals surface area contributed by atoms with Crippen LogP contribution in [0.25, 0.3) is 0 Å². The summed E-state index contributed by atoms with van der Waals surface area (Å²) in [5.74, 6) is 0.570. The maximum Gasteiger partial charge on any atom is 0.418 e. The van der Waals surface area contributed by atoms with E-state index in [0.717, 1.165) is 25.8 Å². The predicted molar refractivity (Wildman–Crippen MR) is 67.8 cm³/mol. The van der Waals surface area contributed by atoms with Gasteiger partial charge in [0.05, 0.1) is 5.56 Å². The first-order valence-electron chi connectivity index (χ1n) is 6.66. The molecule has 0 amide bonds. The number of rotatable bonds is 2.